The lowest BCUT2D eigenvalue weighted by Gasteiger charge is -2.16. The summed E-state index contributed by atoms with van der Waals surface area (Å²) in [5, 5.41) is 6.58. The SMILES string of the molecule is CN(C)C(=O)CN=C(NCCc1ccc2c(c1)OCO2)NCC1CCCO1.I. The molecule has 9 heteroatoms. The molecule has 1 amide bonds. The smallest absolute Gasteiger partial charge is 0.243 e. The van der Waals surface area contributed by atoms with Crippen molar-refractivity contribution in [1.29, 1.82) is 0 Å². The standard InChI is InChI=1S/C19H28N4O4.HI/c1-23(2)18(24)12-22-19(21-11-15-4-3-9-25-15)20-8-7-14-5-6-16-17(10-14)27-13-26-16;/h5-6,10,15H,3-4,7-9,11-13H2,1-2H3,(H2,20,21,22);1H. The Balaban J connectivity index is 0.00000280. The highest BCUT2D eigenvalue weighted by atomic mass is 127. The highest BCUT2D eigenvalue weighted by Crippen LogP contribution is 2.32. The van der Waals surface area contributed by atoms with Gasteiger partial charge in [0.1, 0.15) is 6.54 Å². The minimum absolute atomic E-state index is 0. The number of guanidine groups is 1. The van der Waals surface area contributed by atoms with Crippen LogP contribution in [0.25, 0.3) is 0 Å². The maximum absolute atomic E-state index is 11.8. The fourth-order valence-electron chi connectivity index (χ4n) is 2.90. The summed E-state index contributed by atoms with van der Waals surface area (Å²) in [7, 11) is 3.45. The van der Waals surface area contributed by atoms with E-state index in [0.29, 0.717) is 19.0 Å². The third kappa shape index (κ3) is 6.69. The molecule has 2 aliphatic heterocycles. The minimum atomic E-state index is -0.0380. The van der Waals surface area contributed by atoms with Gasteiger partial charge in [-0.15, -0.1) is 24.0 Å². The molecule has 1 aromatic rings. The Morgan fingerprint density at radius 1 is 1.25 bits per heavy atom. The first-order chi connectivity index (χ1) is 13.1. The first kappa shape index (κ1) is 22.5. The van der Waals surface area contributed by atoms with Gasteiger partial charge >= 0.3 is 0 Å². The van der Waals surface area contributed by atoms with Crippen LogP contribution in [0.2, 0.25) is 0 Å². The summed E-state index contributed by atoms with van der Waals surface area (Å²) < 4.78 is 16.4. The maximum atomic E-state index is 11.8. The molecule has 1 atom stereocenters. The van der Waals surface area contributed by atoms with Crippen LogP contribution in [0.1, 0.15) is 18.4 Å². The van der Waals surface area contributed by atoms with E-state index in [-0.39, 0.29) is 49.3 Å². The number of fused-ring (bicyclic) bond motifs is 1. The molecule has 0 saturated carbocycles. The summed E-state index contributed by atoms with van der Waals surface area (Å²) in [5.41, 5.74) is 1.15. The third-order valence-electron chi connectivity index (χ3n) is 4.54. The fourth-order valence-corrected chi connectivity index (χ4v) is 2.90. The molecule has 1 unspecified atom stereocenters. The second-order valence-electron chi connectivity index (χ2n) is 6.83. The number of nitrogens with zero attached hydrogens (tertiary/aromatic N) is 2. The van der Waals surface area contributed by atoms with E-state index in [0.717, 1.165) is 42.9 Å². The van der Waals surface area contributed by atoms with E-state index < -0.39 is 0 Å². The average Bonchev–Trinajstić information content (AvgIpc) is 3.34. The molecule has 0 bridgehead atoms. The van der Waals surface area contributed by atoms with Crippen molar-refractivity contribution < 1.29 is 19.0 Å². The molecule has 0 spiro atoms. The zero-order valence-corrected chi connectivity index (χ0v) is 18.7. The van der Waals surface area contributed by atoms with E-state index in [2.05, 4.69) is 15.6 Å². The van der Waals surface area contributed by atoms with Crippen molar-refractivity contribution in [3.63, 3.8) is 0 Å². The highest BCUT2D eigenvalue weighted by Gasteiger charge is 2.16. The second kappa shape index (κ2) is 11.3. The third-order valence-corrected chi connectivity index (χ3v) is 4.54. The van der Waals surface area contributed by atoms with Crippen LogP contribution in [0, 0.1) is 0 Å². The normalized spacial score (nSPS) is 17.8. The molecule has 2 aliphatic rings. The van der Waals surface area contributed by atoms with Crippen LogP contribution in [0.5, 0.6) is 11.5 Å². The molecule has 1 aromatic carbocycles. The van der Waals surface area contributed by atoms with Crippen molar-refractivity contribution in [2.75, 3.05) is 47.1 Å². The van der Waals surface area contributed by atoms with Crippen LogP contribution in [0.4, 0.5) is 0 Å². The van der Waals surface area contributed by atoms with Crippen LogP contribution in [0.3, 0.4) is 0 Å². The second-order valence-corrected chi connectivity index (χ2v) is 6.83. The number of carbonyl (C=O) groups is 1. The summed E-state index contributed by atoms with van der Waals surface area (Å²) in [5.74, 6) is 2.16. The van der Waals surface area contributed by atoms with Gasteiger partial charge in [-0.25, -0.2) is 4.99 Å². The van der Waals surface area contributed by atoms with E-state index >= 15 is 0 Å². The Hall–Kier alpha value is -1.75. The van der Waals surface area contributed by atoms with Gasteiger partial charge in [0.05, 0.1) is 6.10 Å². The summed E-state index contributed by atoms with van der Waals surface area (Å²) in [4.78, 5) is 17.8. The molecule has 1 saturated heterocycles. The molecule has 2 N–H and O–H groups in total. The molecule has 0 radical (unpaired) electrons. The number of ether oxygens (including phenoxy) is 3. The average molecular weight is 504 g/mol. The van der Waals surface area contributed by atoms with Crippen molar-refractivity contribution in [3.8, 4) is 11.5 Å². The van der Waals surface area contributed by atoms with Crippen molar-refractivity contribution in [3.05, 3.63) is 23.8 Å². The Morgan fingerprint density at radius 3 is 2.82 bits per heavy atom. The predicted octanol–water partition coefficient (Wildman–Crippen LogP) is 1.38. The molecular weight excluding hydrogens is 475 g/mol. The molecular formula is C19H29IN4O4. The van der Waals surface area contributed by atoms with Crippen molar-refractivity contribution >= 4 is 35.8 Å². The first-order valence-corrected chi connectivity index (χ1v) is 9.34. The monoisotopic (exact) mass is 504 g/mol. The van der Waals surface area contributed by atoms with E-state index in [9.17, 15) is 4.79 Å². The van der Waals surface area contributed by atoms with Crippen LogP contribution in [-0.2, 0) is 16.0 Å². The lowest BCUT2D eigenvalue weighted by Crippen LogP contribution is -2.42. The van der Waals surface area contributed by atoms with Gasteiger partial charge in [0, 0.05) is 33.8 Å². The summed E-state index contributed by atoms with van der Waals surface area (Å²) in [6.45, 7) is 2.58. The van der Waals surface area contributed by atoms with Gasteiger partial charge in [-0.1, -0.05) is 6.07 Å². The number of halogens is 1. The molecule has 3 rings (SSSR count). The Bertz CT molecular complexity index is 678. The molecule has 0 aliphatic carbocycles. The fraction of sp³-hybridized carbons (Fsp3) is 0.579. The molecule has 28 heavy (non-hydrogen) atoms. The van der Waals surface area contributed by atoms with Gasteiger partial charge < -0.3 is 29.7 Å². The van der Waals surface area contributed by atoms with Gasteiger partial charge in [-0.2, -0.15) is 0 Å². The number of hydrogen-bond donors (Lipinski definition) is 2. The molecule has 0 aromatic heterocycles. The number of carbonyl (C=O) groups excluding carboxylic acids is 1. The van der Waals surface area contributed by atoms with E-state index in [4.69, 9.17) is 14.2 Å². The van der Waals surface area contributed by atoms with E-state index in [1.165, 1.54) is 4.90 Å². The molecule has 8 nitrogen and oxygen atoms in total. The van der Waals surface area contributed by atoms with Gasteiger partial charge in [0.2, 0.25) is 12.7 Å². The Morgan fingerprint density at radius 2 is 2.07 bits per heavy atom. The van der Waals surface area contributed by atoms with Crippen molar-refractivity contribution in [2.45, 2.75) is 25.4 Å². The lowest BCUT2D eigenvalue weighted by molar-refractivity contribution is -0.127. The summed E-state index contributed by atoms with van der Waals surface area (Å²) in [6.07, 6.45) is 3.15. The van der Waals surface area contributed by atoms with Crippen LogP contribution >= 0.6 is 24.0 Å². The number of nitrogens with one attached hydrogen (secondary N) is 2. The molecule has 156 valence electrons. The zero-order chi connectivity index (χ0) is 19.1. The van der Waals surface area contributed by atoms with Gasteiger partial charge in [0.15, 0.2) is 17.5 Å². The first-order valence-electron chi connectivity index (χ1n) is 9.34. The highest BCUT2D eigenvalue weighted by molar-refractivity contribution is 14.0. The number of likely N-dealkylation sites (N-methyl/N-ethyl adjacent to an activating group) is 1. The van der Waals surface area contributed by atoms with E-state index in [1.807, 2.05) is 18.2 Å². The van der Waals surface area contributed by atoms with E-state index in [1.54, 1.807) is 14.1 Å². The minimum Gasteiger partial charge on any atom is -0.454 e. The van der Waals surface area contributed by atoms with Crippen molar-refractivity contribution in [1.82, 2.24) is 15.5 Å². The van der Waals surface area contributed by atoms with Crippen LogP contribution in [0.15, 0.2) is 23.2 Å². The Labute approximate surface area is 183 Å². The number of rotatable bonds is 7. The largest absolute Gasteiger partial charge is 0.454 e. The van der Waals surface area contributed by atoms with Gasteiger partial charge in [-0.3, -0.25) is 4.79 Å². The predicted molar refractivity (Wildman–Crippen MR) is 118 cm³/mol. The van der Waals surface area contributed by atoms with Crippen LogP contribution in [-0.4, -0.2) is 70.0 Å². The topological polar surface area (TPSA) is 84.4 Å². The van der Waals surface area contributed by atoms with Gasteiger partial charge in [0.25, 0.3) is 0 Å². The molecule has 2 heterocycles. The number of hydrogen-bond acceptors (Lipinski definition) is 5. The Kier molecular flexibility index (Phi) is 9.10. The van der Waals surface area contributed by atoms with Crippen LogP contribution < -0.4 is 20.1 Å². The summed E-state index contributed by atoms with van der Waals surface area (Å²) in [6, 6.07) is 5.95. The number of aliphatic imine (C=N–C) groups is 1. The quantitative estimate of drug-likeness (QED) is 0.332. The lowest BCUT2D eigenvalue weighted by atomic mass is 10.1. The summed E-state index contributed by atoms with van der Waals surface area (Å²) >= 11 is 0. The zero-order valence-electron chi connectivity index (χ0n) is 16.4. The molecule has 1 fully saturated rings. The van der Waals surface area contributed by atoms with Crippen molar-refractivity contribution in [2.24, 2.45) is 4.99 Å². The number of amides is 1. The van der Waals surface area contributed by atoms with Gasteiger partial charge in [-0.05, 0) is 37.0 Å². The maximum Gasteiger partial charge on any atom is 0.243 e. The number of benzene rings is 1.